The molecule has 2 rings (SSSR count). The second kappa shape index (κ2) is 6.00. The maximum absolute atomic E-state index is 11.9. The van der Waals surface area contributed by atoms with Crippen LogP contribution in [0.15, 0.2) is 23.0 Å². The molecule has 2 aromatic rings. The third-order valence-electron chi connectivity index (χ3n) is 3.23. The van der Waals surface area contributed by atoms with Gasteiger partial charge in [0, 0.05) is 37.2 Å². The van der Waals surface area contributed by atoms with Crippen molar-refractivity contribution in [2.45, 2.75) is 19.4 Å². The van der Waals surface area contributed by atoms with Gasteiger partial charge in [0.15, 0.2) is 5.69 Å². The Morgan fingerprint density at radius 1 is 1.50 bits per heavy atom. The molecule has 1 unspecified atom stereocenters. The minimum absolute atomic E-state index is 0.00966. The number of anilines is 1. The second-order valence-electron chi connectivity index (χ2n) is 4.77. The summed E-state index contributed by atoms with van der Waals surface area (Å²) in [7, 11) is 1.65. The summed E-state index contributed by atoms with van der Waals surface area (Å²) in [6, 6.07) is 5.24. The predicted octanol–water partition coefficient (Wildman–Crippen LogP) is -0.300. The third kappa shape index (κ3) is 2.79. The normalized spacial score (nSPS) is 12.6. The Hall–Kier alpha value is -1.96. The molecule has 0 fully saturated rings. The Bertz CT molecular complexity index is 668. The standard InChI is InChI=1S/C13H18N4O3/c1-8(5-6-18)14-12-10-7-9(16-20)3-4-11(10)17(2)13(19)15-12/h3-4,7-8,16,18,20H,5-6H2,1-2H3,(H,14,15,19)/p+1. The zero-order chi connectivity index (χ0) is 14.7. The highest BCUT2D eigenvalue weighted by atomic mass is 16.5. The number of fused-ring (bicyclic) bond motifs is 1. The summed E-state index contributed by atoms with van der Waals surface area (Å²) in [6.45, 7) is 1.97. The van der Waals surface area contributed by atoms with E-state index in [2.05, 4.69) is 10.3 Å². The molecular formula is C13H19N4O3+. The second-order valence-corrected chi connectivity index (χ2v) is 4.77. The number of quaternary nitrogens is 1. The number of nitrogens with zero attached hydrogens (tertiary/aromatic N) is 2. The fourth-order valence-electron chi connectivity index (χ4n) is 2.06. The van der Waals surface area contributed by atoms with Crippen molar-refractivity contribution in [3.05, 3.63) is 28.7 Å². The van der Waals surface area contributed by atoms with E-state index in [0.29, 0.717) is 17.9 Å². The smallest absolute Gasteiger partial charge is 0.349 e. The van der Waals surface area contributed by atoms with E-state index in [4.69, 9.17) is 10.3 Å². The van der Waals surface area contributed by atoms with Crippen LogP contribution in [0.25, 0.3) is 10.9 Å². The highest BCUT2D eigenvalue weighted by molar-refractivity contribution is 5.91. The number of nitrogens with two attached hydrogens (primary N) is 1. The first kappa shape index (κ1) is 14.4. The summed E-state index contributed by atoms with van der Waals surface area (Å²) in [5.74, 6) is 0.466. The number of rotatable bonds is 5. The summed E-state index contributed by atoms with van der Waals surface area (Å²) >= 11 is 0. The molecule has 0 saturated heterocycles. The minimum atomic E-state index is -0.350. The monoisotopic (exact) mass is 279 g/mol. The zero-order valence-electron chi connectivity index (χ0n) is 11.5. The Balaban J connectivity index is 2.57. The van der Waals surface area contributed by atoms with E-state index in [9.17, 15) is 4.79 Å². The Kier molecular flexibility index (Phi) is 4.33. The first-order valence-electron chi connectivity index (χ1n) is 6.42. The highest BCUT2D eigenvalue weighted by Crippen LogP contribution is 2.22. The number of aliphatic hydroxyl groups is 1. The molecule has 0 bridgehead atoms. The van der Waals surface area contributed by atoms with Crippen LogP contribution in [-0.4, -0.2) is 32.5 Å². The van der Waals surface area contributed by atoms with Crippen molar-refractivity contribution in [2.75, 3.05) is 11.9 Å². The lowest BCUT2D eigenvalue weighted by atomic mass is 10.2. The predicted molar refractivity (Wildman–Crippen MR) is 75.1 cm³/mol. The summed E-state index contributed by atoms with van der Waals surface area (Å²) in [5, 5.41) is 21.9. The molecule has 1 aromatic carbocycles. The number of hydrogen-bond acceptors (Lipinski definition) is 5. The maximum Gasteiger partial charge on any atom is 0.349 e. The highest BCUT2D eigenvalue weighted by Gasteiger charge is 2.12. The molecule has 7 nitrogen and oxygen atoms in total. The van der Waals surface area contributed by atoms with Crippen LogP contribution >= 0.6 is 0 Å². The molecule has 20 heavy (non-hydrogen) atoms. The summed E-state index contributed by atoms with van der Waals surface area (Å²) in [5.41, 5.74) is 2.02. The molecule has 0 amide bonds. The molecule has 1 heterocycles. The lowest BCUT2D eigenvalue weighted by Gasteiger charge is -2.15. The topological polar surface area (TPSA) is 104 Å². The zero-order valence-corrected chi connectivity index (χ0v) is 11.5. The van der Waals surface area contributed by atoms with Gasteiger partial charge in [0.2, 0.25) is 0 Å². The van der Waals surface area contributed by atoms with Gasteiger partial charge in [-0.2, -0.15) is 10.5 Å². The van der Waals surface area contributed by atoms with Crippen LogP contribution in [0, 0.1) is 0 Å². The molecular weight excluding hydrogens is 260 g/mol. The first-order chi connectivity index (χ1) is 9.56. The number of aryl methyl sites for hydroxylation is 1. The van der Waals surface area contributed by atoms with Crippen LogP contribution in [-0.2, 0) is 7.05 Å². The molecule has 1 aromatic heterocycles. The molecule has 7 heteroatoms. The van der Waals surface area contributed by atoms with Gasteiger partial charge in [-0.05, 0) is 19.4 Å². The SMILES string of the molecule is CC(CCO)Nc1nc(=O)n(C)c2ccc([NH2+]O)cc12. The van der Waals surface area contributed by atoms with E-state index in [-0.39, 0.29) is 18.3 Å². The van der Waals surface area contributed by atoms with Gasteiger partial charge in [-0.3, -0.25) is 4.57 Å². The summed E-state index contributed by atoms with van der Waals surface area (Å²) in [6.07, 6.45) is 0.560. The van der Waals surface area contributed by atoms with Crippen molar-refractivity contribution in [2.24, 2.45) is 7.05 Å². The van der Waals surface area contributed by atoms with E-state index in [0.717, 1.165) is 16.4 Å². The summed E-state index contributed by atoms with van der Waals surface area (Å²) < 4.78 is 1.46. The van der Waals surface area contributed by atoms with Gasteiger partial charge in [0.25, 0.3) is 0 Å². The lowest BCUT2D eigenvalue weighted by Crippen LogP contribution is -2.73. The third-order valence-corrected chi connectivity index (χ3v) is 3.23. The van der Waals surface area contributed by atoms with Crippen LogP contribution in [0.3, 0.4) is 0 Å². The lowest BCUT2D eigenvalue weighted by molar-refractivity contribution is -0.825. The molecule has 108 valence electrons. The molecule has 0 aliphatic rings. The van der Waals surface area contributed by atoms with E-state index in [1.54, 1.807) is 25.2 Å². The molecule has 0 saturated carbocycles. The number of aromatic nitrogens is 2. The van der Waals surface area contributed by atoms with Crippen LogP contribution < -0.4 is 16.5 Å². The van der Waals surface area contributed by atoms with Crippen molar-refractivity contribution in [1.29, 1.82) is 0 Å². The Morgan fingerprint density at radius 2 is 2.25 bits per heavy atom. The number of hydrogen-bond donors (Lipinski definition) is 4. The van der Waals surface area contributed by atoms with Gasteiger partial charge >= 0.3 is 5.69 Å². The van der Waals surface area contributed by atoms with Gasteiger partial charge in [0.1, 0.15) is 5.82 Å². The maximum atomic E-state index is 11.9. The van der Waals surface area contributed by atoms with Crippen LogP contribution in [0.2, 0.25) is 0 Å². The van der Waals surface area contributed by atoms with Crippen LogP contribution in [0.4, 0.5) is 11.5 Å². The largest absolute Gasteiger partial charge is 0.396 e. The first-order valence-corrected chi connectivity index (χ1v) is 6.42. The van der Waals surface area contributed by atoms with E-state index in [1.165, 1.54) is 4.57 Å². The van der Waals surface area contributed by atoms with E-state index in [1.807, 2.05) is 6.92 Å². The Labute approximate surface area is 115 Å². The van der Waals surface area contributed by atoms with Crippen molar-refractivity contribution in [3.8, 4) is 0 Å². The fraction of sp³-hybridized carbons (Fsp3) is 0.385. The minimum Gasteiger partial charge on any atom is -0.396 e. The quantitative estimate of drug-likeness (QED) is 0.444. The average molecular weight is 279 g/mol. The van der Waals surface area contributed by atoms with Gasteiger partial charge < -0.3 is 10.4 Å². The van der Waals surface area contributed by atoms with Gasteiger partial charge in [-0.25, -0.2) is 10.0 Å². The molecule has 1 atom stereocenters. The molecule has 0 aliphatic carbocycles. The van der Waals surface area contributed by atoms with Crippen molar-refractivity contribution < 1.29 is 15.8 Å². The van der Waals surface area contributed by atoms with Crippen molar-refractivity contribution in [3.63, 3.8) is 0 Å². The van der Waals surface area contributed by atoms with Crippen LogP contribution in [0.5, 0.6) is 0 Å². The molecule has 0 spiro atoms. The number of aliphatic hydroxyl groups excluding tert-OH is 1. The fourth-order valence-corrected chi connectivity index (χ4v) is 2.06. The van der Waals surface area contributed by atoms with E-state index < -0.39 is 0 Å². The van der Waals surface area contributed by atoms with Crippen molar-refractivity contribution >= 4 is 22.4 Å². The van der Waals surface area contributed by atoms with Gasteiger partial charge in [-0.1, -0.05) is 0 Å². The van der Waals surface area contributed by atoms with Crippen molar-refractivity contribution in [1.82, 2.24) is 9.55 Å². The molecule has 0 radical (unpaired) electrons. The van der Waals surface area contributed by atoms with Gasteiger partial charge in [0.05, 0.1) is 5.52 Å². The van der Waals surface area contributed by atoms with Gasteiger partial charge in [-0.15, -0.1) is 0 Å². The van der Waals surface area contributed by atoms with Crippen LogP contribution in [0.1, 0.15) is 13.3 Å². The van der Waals surface area contributed by atoms with E-state index >= 15 is 0 Å². The number of nitrogens with one attached hydrogen (secondary N) is 1. The Morgan fingerprint density at radius 3 is 2.90 bits per heavy atom. The molecule has 5 N–H and O–H groups in total. The summed E-state index contributed by atoms with van der Waals surface area (Å²) in [4.78, 5) is 15.9. The number of benzene rings is 1. The average Bonchev–Trinajstić information content (AvgIpc) is 2.44. The molecule has 0 aliphatic heterocycles.